The number of amides is 2. The average molecular weight is 386 g/mol. The maximum absolute atomic E-state index is 12.3. The molecular weight excluding hydrogens is 350 g/mol. The van der Waals surface area contributed by atoms with Crippen molar-refractivity contribution in [2.75, 3.05) is 36.4 Å². The number of benzene rings is 1. The van der Waals surface area contributed by atoms with Gasteiger partial charge in [-0.25, -0.2) is 0 Å². The molecule has 0 aromatic heterocycles. The normalized spacial score (nSPS) is 13.6. The van der Waals surface area contributed by atoms with Gasteiger partial charge < -0.3 is 15.1 Å². The van der Waals surface area contributed by atoms with Gasteiger partial charge in [0.05, 0.1) is 0 Å². The lowest BCUT2D eigenvalue weighted by molar-refractivity contribution is -0.129. The van der Waals surface area contributed by atoms with Crippen molar-refractivity contribution in [3.8, 4) is 0 Å². The Hall–Kier alpha value is -2.30. The summed E-state index contributed by atoms with van der Waals surface area (Å²) in [6.45, 7) is 8.92. The summed E-state index contributed by atoms with van der Waals surface area (Å²) in [7, 11) is 0. The van der Waals surface area contributed by atoms with Crippen LogP contribution in [0, 0.1) is 0 Å². The van der Waals surface area contributed by atoms with Crippen molar-refractivity contribution in [1.29, 1.82) is 0 Å². The Morgan fingerprint density at radius 3 is 2.32 bits per heavy atom. The molecule has 1 aliphatic carbocycles. The summed E-state index contributed by atoms with van der Waals surface area (Å²) in [4.78, 5) is 28.3. The molecule has 1 N–H and O–H groups in total. The van der Waals surface area contributed by atoms with Gasteiger partial charge in [-0.05, 0) is 70.2 Å². The first kappa shape index (κ1) is 22.0. The van der Waals surface area contributed by atoms with Crippen LogP contribution in [0.15, 0.2) is 35.9 Å². The molecule has 1 aliphatic rings. The molecule has 0 aliphatic heterocycles. The van der Waals surface area contributed by atoms with Gasteiger partial charge in [0, 0.05) is 50.9 Å². The van der Waals surface area contributed by atoms with Crippen molar-refractivity contribution < 1.29 is 9.59 Å². The molecule has 0 atom stereocenters. The summed E-state index contributed by atoms with van der Waals surface area (Å²) >= 11 is 0. The number of allylic oxidation sites excluding steroid dienone is 1. The van der Waals surface area contributed by atoms with Crippen LogP contribution in [-0.2, 0) is 9.59 Å². The molecule has 0 spiro atoms. The molecule has 0 saturated carbocycles. The topological polar surface area (TPSA) is 52.7 Å². The third-order valence-electron chi connectivity index (χ3n) is 5.42. The van der Waals surface area contributed by atoms with Crippen molar-refractivity contribution in [2.45, 2.75) is 59.3 Å². The summed E-state index contributed by atoms with van der Waals surface area (Å²) in [6.07, 6.45) is 8.39. The van der Waals surface area contributed by atoms with Crippen LogP contribution in [-0.4, -0.2) is 42.9 Å². The third kappa shape index (κ3) is 7.02. The molecule has 154 valence electrons. The van der Waals surface area contributed by atoms with Gasteiger partial charge in [-0.1, -0.05) is 11.6 Å². The molecule has 0 heterocycles. The number of anilines is 2. The Kier molecular flexibility index (Phi) is 9.05. The van der Waals surface area contributed by atoms with Crippen LogP contribution in [0.25, 0.3) is 0 Å². The van der Waals surface area contributed by atoms with Gasteiger partial charge >= 0.3 is 0 Å². The van der Waals surface area contributed by atoms with E-state index in [4.69, 9.17) is 0 Å². The number of carbonyl (C=O) groups excluding carboxylic acids is 2. The van der Waals surface area contributed by atoms with E-state index in [2.05, 4.69) is 30.1 Å². The molecule has 2 rings (SSSR count). The number of rotatable bonds is 10. The predicted octanol–water partition coefficient (Wildman–Crippen LogP) is 4.60. The number of hydrogen-bond donors (Lipinski definition) is 1. The van der Waals surface area contributed by atoms with Gasteiger partial charge in [0.25, 0.3) is 0 Å². The summed E-state index contributed by atoms with van der Waals surface area (Å²) in [5, 5.41) is 2.94. The largest absolute Gasteiger partial charge is 0.372 e. The van der Waals surface area contributed by atoms with E-state index in [9.17, 15) is 9.59 Å². The van der Waals surface area contributed by atoms with Gasteiger partial charge in [-0.2, -0.15) is 0 Å². The van der Waals surface area contributed by atoms with E-state index >= 15 is 0 Å². The van der Waals surface area contributed by atoms with E-state index < -0.39 is 0 Å². The monoisotopic (exact) mass is 385 g/mol. The summed E-state index contributed by atoms with van der Waals surface area (Å²) in [5.41, 5.74) is 3.40. The van der Waals surface area contributed by atoms with E-state index in [0.29, 0.717) is 19.5 Å². The van der Waals surface area contributed by atoms with Crippen LogP contribution < -0.4 is 10.2 Å². The molecule has 5 heteroatoms. The molecule has 5 nitrogen and oxygen atoms in total. The minimum absolute atomic E-state index is 0.0350. The fraction of sp³-hybridized carbons (Fsp3) is 0.565. The highest BCUT2D eigenvalue weighted by molar-refractivity contribution is 5.91. The smallest absolute Gasteiger partial charge is 0.226 e. The lowest BCUT2D eigenvalue weighted by Gasteiger charge is -2.23. The molecule has 2 amide bonds. The molecule has 0 radical (unpaired) electrons. The van der Waals surface area contributed by atoms with Gasteiger partial charge in [0.2, 0.25) is 11.8 Å². The minimum Gasteiger partial charge on any atom is -0.372 e. The summed E-state index contributed by atoms with van der Waals surface area (Å²) in [5.74, 6) is -0.0218. The fourth-order valence-corrected chi connectivity index (χ4v) is 3.64. The zero-order chi connectivity index (χ0) is 20.4. The lowest BCUT2D eigenvalue weighted by Crippen LogP contribution is -2.33. The Morgan fingerprint density at radius 1 is 1.04 bits per heavy atom. The molecule has 0 fully saturated rings. The summed E-state index contributed by atoms with van der Waals surface area (Å²) in [6, 6.07) is 7.93. The van der Waals surface area contributed by atoms with Crippen LogP contribution in [0.3, 0.4) is 0 Å². The zero-order valence-corrected chi connectivity index (χ0v) is 17.7. The number of carbonyl (C=O) groups is 2. The predicted molar refractivity (Wildman–Crippen MR) is 117 cm³/mol. The van der Waals surface area contributed by atoms with Crippen LogP contribution in [0.1, 0.15) is 59.3 Å². The van der Waals surface area contributed by atoms with Crippen molar-refractivity contribution in [2.24, 2.45) is 0 Å². The Bertz CT molecular complexity index is 663. The van der Waals surface area contributed by atoms with Crippen LogP contribution in [0.2, 0.25) is 0 Å². The molecule has 0 bridgehead atoms. The number of hydrogen-bond acceptors (Lipinski definition) is 3. The van der Waals surface area contributed by atoms with Gasteiger partial charge in [-0.3, -0.25) is 9.59 Å². The zero-order valence-electron chi connectivity index (χ0n) is 17.7. The quantitative estimate of drug-likeness (QED) is 0.599. The van der Waals surface area contributed by atoms with Crippen LogP contribution in [0.5, 0.6) is 0 Å². The lowest BCUT2D eigenvalue weighted by atomic mass is 9.97. The SMILES string of the molecule is CCN(CC)c1ccc(NC(=O)CCN(CCC2=CCCCC2)C(C)=O)cc1. The van der Waals surface area contributed by atoms with Gasteiger partial charge in [-0.15, -0.1) is 0 Å². The number of nitrogens with one attached hydrogen (secondary N) is 1. The average Bonchev–Trinajstić information content (AvgIpc) is 2.70. The first-order valence-electron chi connectivity index (χ1n) is 10.6. The van der Waals surface area contributed by atoms with Crippen LogP contribution >= 0.6 is 0 Å². The fourth-order valence-electron chi connectivity index (χ4n) is 3.64. The highest BCUT2D eigenvalue weighted by Gasteiger charge is 2.13. The molecule has 0 saturated heterocycles. The second kappa shape index (κ2) is 11.5. The minimum atomic E-state index is -0.0567. The molecule has 1 aromatic carbocycles. The first-order chi connectivity index (χ1) is 13.5. The Morgan fingerprint density at radius 2 is 1.75 bits per heavy atom. The molecule has 1 aromatic rings. The first-order valence-corrected chi connectivity index (χ1v) is 10.6. The second-order valence-corrected chi connectivity index (χ2v) is 7.38. The van der Waals surface area contributed by atoms with Crippen molar-refractivity contribution in [3.05, 3.63) is 35.9 Å². The maximum Gasteiger partial charge on any atom is 0.226 e. The highest BCUT2D eigenvalue weighted by Crippen LogP contribution is 2.20. The maximum atomic E-state index is 12.3. The van der Waals surface area contributed by atoms with Gasteiger partial charge in [0.1, 0.15) is 0 Å². The van der Waals surface area contributed by atoms with E-state index in [1.165, 1.54) is 18.4 Å². The van der Waals surface area contributed by atoms with Crippen molar-refractivity contribution >= 4 is 23.2 Å². The molecular formula is C23H35N3O2. The highest BCUT2D eigenvalue weighted by atomic mass is 16.2. The van der Waals surface area contributed by atoms with Crippen LogP contribution in [0.4, 0.5) is 11.4 Å². The Balaban J connectivity index is 1.80. The molecule has 0 unspecified atom stereocenters. The standard InChI is InChI=1S/C23H35N3O2/c1-4-25(5-2)22-13-11-21(12-14-22)24-23(28)16-18-26(19(3)27)17-15-20-9-7-6-8-10-20/h9,11-14H,4-8,10,15-18H2,1-3H3,(H,24,28). The molecule has 28 heavy (non-hydrogen) atoms. The third-order valence-corrected chi connectivity index (χ3v) is 5.42. The summed E-state index contributed by atoms with van der Waals surface area (Å²) < 4.78 is 0. The number of nitrogens with zero attached hydrogens (tertiary/aromatic N) is 2. The van der Waals surface area contributed by atoms with E-state index in [1.54, 1.807) is 11.8 Å². The van der Waals surface area contributed by atoms with E-state index in [0.717, 1.165) is 43.7 Å². The van der Waals surface area contributed by atoms with Crippen molar-refractivity contribution in [3.63, 3.8) is 0 Å². The van der Waals surface area contributed by atoms with E-state index in [1.807, 2.05) is 24.3 Å². The van der Waals surface area contributed by atoms with Gasteiger partial charge in [0.15, 0.2) is 0 Å². The van der Waals surface area contributed by atoms with E-state index in [-0.39, 0.29) is 11.8 Å². The second-order valence-electron chi connectivity index (χ2n) is 7.38. The van der Waals surface area contributed by atoms with Crippen molar-refractivity contribution in [1.82, 2.24) is 4.90 Å². The Labute approximate surface area is 169 Å².